The van der Waals surface area contributed by atoms with Crippen LogP contribution in [0.1, 0.15) is 15.9 Å². The summed E-state index contributed by atoms with van der Waals surface area (Å²) in [5, 5.41) is 7.36. The molecule has 2 aliphatic rings. The predicted octanol–water partition coefficient (Wildman–Crippen LogP) is 2.72. The topological polar surface area (TPSA) is 70.2 Å². The minimum absolute atomic E-state index is 0.00857. The Labute approximate surface area is 137 Å². The summed E-state index contributed by atoms with van der Waals surface area (Å²) in [5.41, 5.74) is -2.25. The number of nitrogens with one attached hydrogen (secondary N) is 3. The van der Waals surface area contributed by atoms with E-state index >= 15 is 0 Å². The number of carbonyl (C=O) groups excluding carboxylic acids is 2. The SMILES string of the molecule is O=C1NC2(Nc3cc(F)c(F)cc31)C(=O)Nc1c(F)cc(Cl)cc12. The van der Waals surface area contributed by atoms with Gasteiger partial charge in [0.15, 0.2) is 11.6 Å². The van der Waals surface area contributed by atoms with E-state index in [1.807, 2.05) is 0 Å². The molecule has 9 heteroatoms. The van der Waals surface area contributed by atoms with E-state index in [4.69, 9.17) is 11.6 Å². The van der Waals surface area contributed by atoms with Crippen molar-refractivity contribution in [3.63, 3.8) is 0 Å². The lowest BCUT2D eigenvalue weighted by atomic mass is 9.95. The molecule has 3 N–H and O–H groups in total. The van der Waals surface area contributed by atoms with E-state index in [2.05, 4.69) is 16.0 Å². The molecule has 0 fully saturated rings. The van der Waals surface area contributed by atoms with Crippen LogP contribution in [0.15, 0.2) is 24.3 Å². The lowest BCUT2D eigenvalue weighted by Gasteiger charge is -2.35. The minimum Gasteiger partial charge on any atom is -0.350 e. The molecule has 2 aromatic carbocycles. The van der Waals surface area contributed by atoms with E-state index in [9.17, 15) is 22.8 Å². The third-order valence-electron chi connectivity index (χ3n) is 3.97. The first-order chi connectivity index (χ1) is 11.3. The fourth-order valence-electron chi connectivity index (χ4n) is 2.88. The van der Waals surface area contributed by atoms with Crippen LogP contribution in [0.4, 0.5) is 24.5 Å². The minimum atomic E-state index is -1.87. The maximum absolute atomic E-state index is 14.0. The summed E-state index contributed by atoms with van der Waals surface area (Å²) in [6, 6.07) is 3.78. The van der Waals surface area contributed by atoms with Crippen molar-refractivity contribution in [1.29, 1.82) is 0 Å². The van der Waals surface area contributed by atoms with Gasteiger partial charge in [0.25, 0.3) is 11.8 Å². The van der Waals surface area contributed by atoms with Crippen molar-refractivity contribution in [3.05, 3.63) is 57.9 Å². The average molecular weight is 354 g/mol. The van der Waals surface area contributed by atoms with E-state index in [0.29, 0.717) is 6.07 Å². The number of hydrogen-bond donors (Lipinski definition) is 3. The third kappa shape index (κ3) is 1.83. The van der Waals surface area contributed by atoms with Crippen LogP contribution in [0.25, 0.3) is 0 Å². The normalized spacial score (nSPS) is 21.0. The van der Waals surface area contributed by atoms with E-state index in [1.165, 1.54) is 6.07 Å². The predicted molar refractivity (Wildman–Crippen MR) is 79.2 cm³/mol. The third-order valence-corrected chi connectivity index (χ3v) is 4.18. The van der Waals surface area contributed by atoms with Gasteiger partial charge in [0.05, 0.1) is 16.9 Å². The van der Waals surface area contributed by atoms with Crippen LogP contribution in [0, 0.1) is 17.5 Å². The maximum atomic E-state index is 14.0. The largest absolute Gasteiger partial charge is 0.350 e. The molecule has 0 aliphatic carbocycles. The number of hydrogen-bond acceptors (Lipinski definition) is 3. The van der Waals surface area contributed by atoms with Crippen LogP contribution in [0.3, 0.4) is 0 Å². The Morgan fingerprint density at radius 1 is 0.917 bits per heavy atom. The van der Waals surface area contributed by atoms with Crippen molar-refractivity contribution in [2.24, 2.45) is 0 Å². The highest BCUT2D eigenvalue weighted by molar-refractivity contribution is 6.31. The van der Waals surface area contributed by atoms with Gasteiger partial charge in [-0.15, -0.1) is 0 Å². The molecule has 122 valence electrons. The Morgan fingerprint density at radius 3 is 2.38 bits per heavy atom. The molecular weight excluding hydrogens is 347 g/mol. The van der Waals surface area contributed by atoms with Gasteiger partial charge < -0.3 is 16.0 Å². The van der Waals surface area contributed by atoms with Gasteiger partial charge in [-0.05, 0) is 18.2 Å². The van der Waals surface area contributed by atoms with Gasteiger partial charge in [-0.3, -0.25) is 9.59 Å². The van der Waals surface area contributed by atoms with Crippen molar-refractivity contribution in [1.82, 2.24) is 5.32 Å². The number of benzene rings is 2. The molecule has 0 aromatic heterocycles. The quantitative estimate of drug-likeness (QED) is 0.682. The Balaban J connectivity index is 1.94. The standard InChI is InChI=1S/C15H7ClF3N3O2/c16-5-1-7-12(10(19)2-5)20-14(24)15(7)21-11-4-9(18)8(17)3-6(11)13(23)22-15/h1-4,21H,(H,20,24)(H,22,23). The van der Waals surface area contributed by atoms with Gasteiger partial charge in [-0.1, -0.05) is 11.6 Å². The van der Waals surface area contributed by atoms with Gasteiger partial charge in [0, 0.05) is 16.7 Å². The highest BCUT2D eigenvalue weighted by Gasteiger charge is 2.52. The number of halogens is 4. The molecule has 0 radical (unpaired) electrons. The van der Waals surface area contributed by atoms with Crippen LogP contribution in [0.2, 0.25) is 5.02 Å². The fraction of sp³-hybridized carbons (Fsp3) is 0.0667. The zero-order chi connectivity index (χ0) is 17.2. The summed E-state index contributed by atoms with van der Waals surface area (Å²) in [4.78, 5) is 24.7. The zero-order valence-corrected chi connectivity index (χ0v) is 12.4. The van der Waals surface area contributed by atoms with Gasteiger partial charge >= 0.3 is 0 Å². The molecule has 0 bridgehead atoms. The fourth-order valence-corrected chi connectivity index (χ4v) is 3.09. The molecule has 2 aliphatic heterocycles. The molecule has 0 saturated heterocycles. The van der Waals surface area contributed by atoms with E-state index in [-0.39, 0.29) is 27.5 Å². The molecule has 5 nitrogen and oxygen atoms in total. The summed E-state index contributed by atoms with van der Waals surface area (Å²) in [7, 11) is 0. The van der Waals surface area contributed by atoms with Crippen LogP contribution in [-0.2, 0) is 10.5 Å². The van der Waals surface area contributed by atoms with Crippen molar-refractivity contribution >= 4 is 34.8 Å². The molecular formula is C15H7ClF3N3O2. The molecule has 1 unspecified atom stereocenters. The van der Waals surface area contributed by atoms with Crippen molar-refractivity contribution in [2.75, 3.05) is 10.6 Å². The van der Waals surface area contributed by atoms with Gasteiger partial charge in [0.1, 0.15) is 5.82 Å². The summed E-state index contributed by atoms with van der Waals surface area (Å²) in [6.07, 6.45) is 0. The van der Waals surface area contributed by atoms with Crippen molar-refractivity contribution in [3.8, 4) is 0 Å². The highest BCUT2D eigenvalue weighted by atomic mass is 35.5. The number of fused-ring (bicyclic) bond motifs is 3. The second-order valence-corrected chi connectivity index (χ2v) is 5.84. The number of amides is 2. The first kappa shape index (κ1) is 14.8. The smallest absolute Gasteiger partial charge is 0.276 e. The molecule has 2 aromatic rings. The van der Waals surface area contributed by atoms with E-state index < -0.39 is 34.9 Å². The van der Waals surface area contributed by atoms with Crippen LogP contribution < -0.4 is 16.0 Å². The lowest BCUT2D eigenvalue weighted by Crippen LogP contribution is -2.59. The van der Waals surface area contributed by atoms with Gasteiger partial charge in [-0.2, -0.15) is 0 Å². The van der Waals surface area contributed by atoms with Crippen LogP contribution >= 0.6 is 11.6 Å². The first-order valence-corrected chi connectivity index (χ1v) is 7.10. The molecule has 4 rings (SSSR count). The zero-order valence-electron chi connectivity index (χ0n) is 11.6. The van der Waals surface area contributed by atoms with Crippen molar-refractivity contribution in [2.45, 2.75) is 5.66 Å². The average Bonchev–Trinajstić information content (AvgIpc) is 2.75. The number of anilines is 2. The summed E-state index contributed by atoms with van der Waals surface area (Å²) < 4.78 is 40.9. The molecule has 1 atom stereocenters. The second kappa shape index (κ2) is 4.64. The molecule has 1 spiro atoms. The van der Waals surface area contributed by atoms with Crippen LogP contribution in [-0.4, -0.2) is 11.8 Å². The monoisotopic (exact) mass is 353 g/mol. The summed E-state index contributed by atoms with van der Waals surface area (Å²) >= 11 is 5.83. The Morgan fingerprint density at radius 2 is 1.62 bits per heavy atom. The van der Waals surface area contributed by atoms with Crippen LogP contribution in [0.5, 0.6) is 0 Å². The first-order valence-electron chi connectivity index (χ1n) is 6.72. The molecule has 24 heavy (non-hydrogen) atoms. The maximum Gasteiger partial charge on any atom is 0.276 e. The lowest BCUT2D eigenvalue weighted by molar-refractivity contribution is -0.120. The van der Waals surface area contributed by atoms with Gasteiger partial charge in [-0.25, -0.2) is 13.2 Å². The summed E-state index contributed by atoms with van der Waals surface area (Å²) in [5.74, 6) is -4.77. The second-order valence-electron chi connectivity index (χ2n) is 5.41. The highest BCUT2D eigenvalue weighted by Crippen LogP contribution is 2.42. The molecule has 2 heterocycles. The number of rotatable bonds is 0. The Kier molecular flexibility index (Phi) is 2.86. The van der Waals surface area contributed by atoms with Crippen molar-refractivity contribution < 1.29 is 22.8 Å². The Hall–Kier alpha value is -2.74. The molecule has 0 saturated carbocycles. The van der Waals surface area contributed by atoms with E-state index in [1.54, 1.807) is 0 Å². The Bertz CT molecular complexity index is 950. The van der Waals surface area contributed by atoms with Gasteiger partial charge in [0.2, 0.25) is 5.66 Å². The number of carbonyl (C=O) groups is 2. The summed E-state index contributed by atoms with van der Waals surface area (Å²) in [6.45, 7) is 0. The molecule has 2 amide bonds. The van der Waals surface area contributed by atoms with E-state index in [0.717, 1.165) is 12.1 Å².